The third-order valence-corrected chi connectivity index (χ3v) is 0.782. The van der Waals surface area contributed by atoms with E-state index in [0.29, 0.717) is 6.54 Å². The van der Waals surface area contributed by atoms with E-state index < -0.39 is 0 Å². The van der Waals surface area contributed by atoms with Gasteiger partial charge < -0.3 is 0 Å². The summed E-state index contributed by atoms with van der Waals surface area (Å²) in [7, 11) is 1.86. The summed E-state index contributed by atoms with van der Waals surface area (Å²) in [5, 5.41) is 0. The average Bonchev–Trinajstić information content (AvgIpc) is 1.27. The van der Waals surface area contributed by atoms with Crippen LogP contribution in [-0.4, -0.2) is 22.5 Å². The number of hydrogen-bond donors (Lipinski definition) is 0. The SMILES string of the molecule is CC(=O)CN(C)I. The van der Waals surface area contributed by atoms with E-state index in [9.17, 15) is 4.79 Å². The molecule has 0 fully saturated rings. The zero-order chi connectivity index (χ0) is 5.86. The average molecular weight is 213 g/mol. The number of ketones is 1. The fourth-order valence-corrected chi connectivity index (χ4v) is 0.787. The van der Waals surface area contributed by atoms with Gasteiger partial charge in [0.15, 0.2) is 0 Å². The lowest BCUT2D eigenvalue weighted by Gasteiger charge is -2.00. The van der Waals surface area contributed by atoms with E-state index >= 15 is 0 Å². The number of halogens is 1. The minimum absolute atomic E-state index is 0.205. The first kappa shape index (κ1) is 7.36. The summed E-state index contributed by atoms with van der Waals surface area (Å²) in [6.45, 7) is 2.12. The molecular formula is C4H8INO. The van der Waals surface area contributed by atoms with Gasteiger partial charge in [-0.15, -0.1) is 0 Å². The topological polar surface area (TPSA) is 20.3 Å². The van der Waals surface area contributed by atoms with Gasteiger partial charge in [0.1, 0.15) is 5.78 Å². The Morgan fingerprint density at radius 2 is 2.29 bits per heavy atom. The Balaban J connectivity index is 3.13. The highest BCUT2D eigenvalue weighted by molar-refractivity contribution is 14.1. The van der Waals surface area contributed by atoms with Crippen LogP contribution in [0.25, 0.3) is 0 Å². The lowest BCUT2D eigenvalue weighted by Crippen LogP contribution is -2.12. The number of carbonyl (C=O) groups is 1. The van der Waals surface area contributed by atoms with Crippen LogP contribution in [-0.2, 0) is 4.79 Å². The van der Waals surface area contributed by atoms with E-state index in [-0.39, 0.29) is 5.78 Å². The first-order valence-electron chi connectivity index (χ1n) is 1.99. The molecule has 2 nitrogen and oxygen atoms in total. The molecule has 0 aliphatic rings. The number of likely N-dealkylation sites (N-methyl/N-ethyl adjacent to an activating group) is 1. The maximum atomic E-state index is 10.2. The molecule has 0 aliphatic carbocycles. The maximum absolute atomic E-state index is 10.2. The van der Waals surface area contributed by atoms with Gasteiger partial charge in [-0.2, -0.15) is 0 Å². The highest BCUT2D eigenvalue weighted by atomic mass is 127. The highest BCUT2D eigenvalue weighted by Gasteiger charge is 1.93. The van der Waals surface area contributed by atoms with Crippen molar-refractivity contribution in [1.29, 1.82) is 0 Å². The Bertz CT molecular complexity index is 72.1. The van der Waals surface area contributed by atoms with E-state index in [1.807, 2.05) is 10.2 Å². The second-order valence-corrected chi connectivity index (χ2v) is 3.11. The van der Waals surface area contributed by atoms with Crippen molar-refractivity contribution in [3.05, 3.63) is 0 Å². The van der Waals surface area contributed by atoms with Crippen molar-refractivity contribution in [2.45, 2.75) is 6.92 Å². The zero-order valence-electron chi connectivity index (χ0n) is 4.44. The lowest BCUT2D eigenvalue weighted by atomic mass is 10.5. The normalized spacial score (nSPS) is 9.71. The summed E-state index contributed by atoms with van der Waals surface area (Å²) in [5.74, 6) is 0.205. The molecule has 0 aliphatic heterocycles. The molecule has 0 rings (SSSR count). The predicted molar refractivity (Wildman–Crippen MR) is 37.3 cm³/mol. The van der Waals surface area contributed by atoms with Crippen LogP contribution in [0, 0.1) is 0 Å². The van der Waals surface area contributed by atoms with Crippen molar-refractivity contribution in [2.24, 2.45) is 0 Å². The Morgan fingerprint density at radius 3 is 2.29 bits per heavy atom. The molecule has 0 bridgehead atoms. The minimum Gasteiger partial charge on any atom is -0.299 e. The molecule has 0 amide bonds. The maximum Gasteiger partial charge on any atom is 0.144 e. The van der Waals surface area contributed by atoms with Gasteiger partial charge in [0.2, 0.25) is 0 Å². The van der Waals surface area contributed by atoms with Crippen LogP contribution >= 0.6 is 22.9 Å². The quantitative estimate of drug-likeness (QED) is 0.500. The molecule has 0 saturated carbocycles. The molecule has 0 spiro atoms. The van der Waals surface area contributed by atoms with E-state index in [1.54, 1.807) is 6.92 Å². The minimum atomic E-state index is 0.205. The van der Waals surface area contributed by atoms with E-state index in [0.717, 1.165) is 0 Å². The van der Waals surface area contributed by atoms with Crippen LogP contribution < -0.4 is 0 Å². The van der Waals surface area contributed by atoms with Gasteiger partial charge in [-0.1, -0.05) is 0 Å². The van der Waals surface area contributed by atoms with Gasteiger partial charge in [-0.3, -0.25) is 4.79 Å². The smallest absolute Gasteiger partial charge is 0.144 e. The monoisotopic (exact) mass is 213 g/mol. The van der Waals surface area contributed by atoms with Crippen LogP contribution in [0.2, 0.25) is 0 Å². The summed E-state index contributed by atoms with van der Waals surface area (Å²) < 4.78 is 1.82. The van der Waals surface area contributed by atoms with Gasteiger partial charge in [0.05, 0.1) is 6.54 Å². The van der Waals surface area contributed by atoms with E-state index in [4.69, 9.17) is 0 Å². The molecule has 0 aromatic heterocycles. The third-order valence-electron chi connectivity index (χ3n) is 0.441. The lowest BCUT2D eigenvalue weighted by molar-refractivity contribution is -0.116. The van der Waals surface area contributed by atoms with Crippen LogP contribution in [0.3, 0.4) is 0 Å². The predicted octanol–water partition coefficient (Wildman–Crippen LogP) is 0.857. The molecule has 0 saturated heterocycles. The van der Waals surface area contributed by atoms with Gasteiger partial charge >= 0.3 is 0 Å². The summed E-state index contributed by atoms with van der Waals surface area (Å²) in [4.78, 5) is 10.2. The Labute approximate surface area is 57.4 Å². The fourth-order valence-electron chi connectivity index (χ4n) is 0.307. The van der Waals surface area contributed by atoms with Crippen molar-refractivity contribution in [3.63, 3.8) is 0 Å². The number of nitrogens with zero attached hydrogens (tertiary/aromatic N) is 1. The van der Waals surface area contributed by atoms with Gasteiger partial charge in [0, 0.05) is 22.9 Å². The first-order chi connectivity index (χ1) is 3.13. The fraction of sp³-hybridized carbons (Fsp3) is 0.750. The number of hydrogen-bond acceptors (Lipinski definition) is 2. The molecule has 0 atom stereocenters. The van der Waals surface area contributed by atoms with Crippen LogP contribution in [0.1, 0.15) is 6.92 Å². The summed E-state index contributed by atoms with van der Waals surface area (Å²) in [5.41, 5.74) is 0. The van der Waals surface area contributed by atoms with Crippen molar-refractivity contribution < 1.29 is 4.79 Å². The van der Waals surface area contributed by atoms with Gasteiger partial charge in [-0.25, -0.2) is 3.11 Å². The molecular weight excluding hydrogens is 205 g/mol. The largest absolute Gasteiger partial charge is 0.299 e. The van der Waals surface area contributed by atoms with Gasteiger partial charge in [0.25, 0.3) is 0 Å². The molecule has 3 heteroatoms. The molecule has 0 heterocycles. The van der Waals surface area contributed by atoms with Crippen molar-refractivity contribution in [3.8, 4) is 0 Å². The number of rotatable bonds is 2. The van der Waals surface area contributed by atoms with Crippen LogP contribution in [0.5, 0.6) is 0 Å². The number of Topliss-reactive ketones (excluding diaryl/α,β-unsaturated/α-hetero) is 1. The van der Waals surface area contributed by atoms with E-state index in [2.05, 4.69) is 22.9 Å². The molecule has 0 unspecified atom stereocenters. The third kappa shape index (κ3) is 6.36. The zero-order valence-corrected chi connectivity index (χ0v) is 6.60. The molecule has 7 heavy (non-hydrogen) atoms. The van der Waals surface area contributed by atoms with Crippen LogP contribution in [0.4, 0.5) is 0 Å². The van der Waals surface area contributed by atoms with Crippen LogP contribution in [0.15, 0.2) is 0 Å². The highest BCUT2D eigenvalue weighted by Crippen LogP contribution is 1.89. The van der Waals surface area contributed by atoms with Crippen molar-refractivity contribution >= 4 is 28.6 Å². The Hall–Kier alpha value is 0.360. The summed E-state index contributed by atoms with van der Waals surface area (Å²) >= 11 is 2.07. The second kappa shape index (κ2) is 3.37. The molecule has 0 aromatic carbocycles. The summed E-state index contributed by atoms with van der Waals surface area (Å²) in [6.07, 6.45) is 0. The molecule has 0 aromatic rings. The first-order valence-corrected chi connectivity index (χ1v) is 2.96. The number of carbonyl (C=O) groups excluding carboxylic acids is 1. The second-order valence-electron chi connectivity index (χ2n) is 1.46. The van der Waals surface area contributed by atoms with E-state index in [1.165, 1.54) is 0 Å². The Morgan fingerprint density at radius 1 is 1.86 bits per heavy atom. The van der Waals surface area contributed by atoms with Crippen molar-refractivity contribution in [1.82, 2.24) is 3.11 Å². The Kier molecular flexibility index (Phi) is 3.55. The molecule has 42 valence electrons. The standard InChI is InChI=1S/C4H8INO/c1-4(7)3-6(2)5/h3H2,1-2H3. The van der Waals surface area contributed by atoms with Gasteiger partial charge in [-0.05, 0) is 14.0 Å². The summed E-state index contributed by atoms with van der Waals surface area (Å²) in [6, 6.07) is 0. The molecule has 0 radical (unpaired) electrons. The molecule has 0 N–H and O–H groups in total. The van der Waals surface area contributed by atoms with Crippen molar-refractivity contribution in [2.75, 3.05) is 13.6 Å².